The number of rotatable bonds is 4. The molecule has 1 saturated heterocycles. The first-order valence-corrected chi connectivity index (χ1v) is 10.5. The van der Waals surface area contributed by atoms with E-state index in [2.05, 4.69) is 10.00 Å². The minimum Gasteiger partial charge on any atom is -0.454 e. The molecule has 1 saturated carbocycles. The van der Waals surface area contributed by atoms with Gasteiger partial charge >= 0.3 is 11.1 Å². The van der Waals surface area contributed by atoms with Crippen LogP contribution in [0.15, 0.2) is 27.8 Å². The summed E-state index contributed by atoms with van der Waals surface area (Å²) in [5.41, 5.74) is -0.297. The maximum atomic E-state index is 12.8. The average molecular weight is 412 g/mol. The lowest BCUT2D eigenvalue weighted by molar-refractivity contribution is -0.0859. The molecule has 1 unspecified atom stereocenters. The summed E-state index contributed by atoms with van der Waals surface area (Å²) >= 11 is 0. The zero-order valence-corrected chi connectivity index (χ0v) is 16.7. The minimum absolute atomic E-state index is 0.262. The van der Waals surface area contributed by atoms with E-state index in [-0.39, 0.29) is 13.4 Å². The fourth-order valence-electron chi connectivity index (χ4n) is 4.68. The van der Waals surface area contributed by atoms with Crippen molar-refractivity contribution < 1.29 is 14.2 Å². The number of fused-ring (bicyclic) bond motifs is 2. The first kappa shape index (κ1) is 18.1. The van der Waals surface area contributed by atoms with Gasteiger partial charge in [0.15, 0.2) is 17.3 Å². The first-order valence-electron chi connectivity index (χ1n) is 10.5. The number of hydrogen-bond donors (Lipinski definition) is 0. The van der Waals surface area contributed by atoms with Gasteiger partial charge in [0.2, 0.25) is 6.79 Å². The minimum atomic E-state index is -0.516. The second-order valence-electron chi connectivity index (χ2n) is 8.86. The van der Waals surface area contributed by atoms with E-state index in [1.165, 1.54) is 4.68 Å². The normalized spacial score (nSPS) is 25.1. The van der Waals surface area contributed by atoms with Crippen molar-refractivity contribution in [3.05, 3.63) is 50.3 Å². The van der Waals surface area contributed by atoms with Gasteiger partial charge < -0.3 is 14.2 Å². The zero-order chi connectivity index (χ0) is 20.3. The molecule has 0 radical (unpaired) electrons. The van der Waals surface area contributed by atoms with Crippen molar-refractivity contribution in [2.45, 2.75) is 51.1 Å². The van der Waals surface area contributed by atoms with Crippen LogP contribution in [-0.2, 0) is 31.0 Å². The van der Waals surface area contributed by atoms with E-state index in [0.29, 0.717) is 31.4 Å². The number of likely N-dealkylation sites (tertiary alicyclic amines) is 1. The summed E-state index contributed by atoms with van der Waals surface area (Å²) in [5, 5.41) is 4.43. The highest BCUT2D eigenvalue weighted by Gasteiger charge is 2.43. The largest absolute Gasteiger partial charge is 0.454 e. The van der Waals surface area contributed by atoms with Gasteiger partial charge in [-0.05, 0) is 42.9 Å². The zero-order valence-electron chi connectivity index (χ0n) is 16.7. The lowest BCUT2D eigenvalue weighted by Gasteiger charge is -2.35. The molecule has 0 amide bonds. The topological polar surface area (TPSA) is 87.8 Å². The van der Waals surface area contributed by atoms with Crippen molar-refractivity contribution in [1.82, 2.24) is 19.2 Å². The highest BCUT2D eigenvalue weighted by atomic mass is 16.7. The fraction of sp³-hybridized carbons (Fsp3) is 0.571. The molecule has 4 heterocycles. The third kappa shape index (κ3) is 3.13. The van der Waals surface area contributed by atoms with E-state index in [4.69, 9.17) is 14.2 Å². The third-order valence-electron chi connectivity index (χ3n) is 6.53. The second-order valence-corrected chi connectivity index (χ2v) is 8.86. The molecule has 1 aromatic heterocycles. The van der Waals surface area contributed by atoms with Gasteiger partial charge in [-0.1, -0.05) is 6.07 Å². The number of benzene rings is 1. The molecule has 1 aliphatic carbocycles. The molecule has 0 N–H and O–H groups in total. The average Bonchev–Trinajstić information content (AvgIpc) is 3.30. The number of nitrogens with zero attached hydrogens (tertiary/aromatic N) is 4. The summed E-state index contributed by atoms with van der Waals surface area (Å²) in [6, 6.07) is 6.00. The Labute approximate surface area is 172 Å². The van der Waals surface area contributed by atoms with E-state index in [9.17, 15) is 9.59 Å². The number of aromatic nitrogens is 3. The maximum absolute atomic E-state index is 12.8. The third-order valence-corrected chi connectivity index (χ3v) is 6.53. The van der Waals surface area contributed by atoms with E-state index in [1.54, 1.807) is 4.57 Å². The van der Waals surface area contributed by atoms with Crippen LogP contribution in [0.25, 0.3) is 0 Å². The molecule has 4 aliphatic rings. The molecular formula is C21H24N4O5. The van der Waals surface area contributed by atoms with E-state index in [1.807, 2.05) is 18.2 Å². The Morgan fingerprint density at radius 3 is 2.83 bits per heavy atom. The summed E-state index contributed by atoms with van der Waals surface area (Å²) in [5.74, 6) is 2.60. The van der Waals surface area contributed by atoms with Crippen LogP contribution in [0, 0.1) is 5.92 Å². The van der Waals surface area contributed by atoms with Gasteiger partial charge in [-0.25, -0.2) is 4.68 Å². The maximum Gasteiger partial charge on any atom is 0.332 e. The predicted molar refractivity (Wildman–Crippen MR) is 105 cm³/mol. The summed E-state index contributed by atoms with van der Waals surface area (Å²) in [4.78, 5) is 27.6. The standard InChI is InChI=1S/C21H24N4O5/c26-19-20(27)25(9-14-1-2-14)22-18-10-30-21(12-24(18)19)5-6-23(11-21)8-15-3-4-16-17(7-15)29-13-28-16/h3-4,7,14H,1-2,5-6,8-13H2. The molecule has 30 heavy (non-hydrogen) atoms. The summed E-state index contributed by atoms with van der Waals surface area (Å²) in [6.07, 6.45) is 3.02. The highest BCUT2D eigenvalue weighted by molar-refractivity contribution is 5.44. The SMILES string of the molecule is O=c1c(=O)n2c(nn1CC1CC1)COC1(CCN(Cc3ccc4c(c3)OCO4)C1)C2. The molecule has 1 spiro atoms. The summed E-state index contributed by atoms with van der Waals surface area (Å²) < 4.78 is 20.0. The molecule has 6 rings (SSSR count). The van der Waals surface area contributed by atoms with Crippen LogP contribution in [0.1, 0.15) is 30.7 Å². The van der Waals surface area contributed by atoms with Crippen LogP contribution in [0.4, 0.5) is 0 Å². The van der Waals surface area contributed by atoms with Crippen molar-refractivity contribution in [2.24, 2.45) is 5.92 Å². The van der Waals surface area contributed by atoms with Crippen molar-refractivity contribution in [2.75, 3.05) is 19.9 Å². The monoisotopic (exact) mass is 412 g/mol. The fourth-order valence-corrected chi connectivity index (χ4v) is 4.68. The Kier molecular flexibility index (Phi) is 4.04. The summed E-state index contributed by atoms with van der Waals surface area (Å²) in [7, 11) is 0. The summed E-state index contributed by atoms with van der Waals surface area (Å²) in [6.45, 7) is 3.79. The van der Waals surface area contributed by atoms with Gasteiger partial charge in [0.05, 0.1) is 6.54 Å². The van der Waals surface area contributed by atoms with Gasteiger partial charge in [-0.2, -0.15) is 5.10 Å². The van der Waals surface area contributed by atoms with Crippen molar-refractivity contribution in [3.8, 4) is 11.5 Å². The van der Waals surface area contributed by atoms with Crippen molar-refractivity contribution in [3.63, 3.8) is 0 Å². The van der Waals surface area contributed by atoms with Crippen LogP contribution in [-0.4, -0.2) is 44.7 Å². The van der Waals surface area contributed by atoms with Crippen LogP contribution >= 0.6 is 0 Å². The Balaban J connectivity index is 1.19. The van der Waals surface area contributed by atoms with Gasteiger partial charge in [-0.15, -0.1) is 0 Å². The van der Waals surface area contributed by atoms with Crippen molar-refractivity contribution in [1.29, 1.82) is 0 Å². The predicted octanol–water partition coefficient (Wildman–Crippen LogP) is 0.719. The molecule has 9 heteroatoms. The highest BCUT2D eigenvalue weighted by Crippen LogP contribution is 2.35. The number of ether oxygens (including phenoxy) is 3. The molecule has 158 valence electrons. The molecule has 2 aromatic rings. The van der Waals surface area contributed by atoms with E-state index in [0.717, 1.165) is 49.4 Å². The molecule has 1 atom stereocenters. The van der Waals surface area contributed by atoms with Crippen molar-refractivity contribution >= 4 is 0 Å². The van der Waals surface area contributed by atoms with Crippen LogP contribution in [0.2, 0.25) is 0 Å². The smallest absolute Gasteiger partial charge is 0.332 e. The van der Waals surface area contributed by atoms with Gasteiger partial charge in [0.25, 0.3) is 0 Å². The van der Waals surface area contributed by atoms with Crippen LogP contribution in [0.5, 0.6) is 11.5 Å². The van der Waals surface area contributed by atoms with Gasteiger partial charge in [-0.3, -0.25) is 19.1 Å². The van der Waals surface area contributed by atoms with E-state index >= 15 is 0 Å². The Morgan fingerprint density at radius 1 is 1.10 bits per heavy atom. The van der Waals surface area contributed by atoms with Gasteiger partial charge in [0, 0.05) is 26.2 Å². The Morgan fingerprint density at radius 2 is 1.97 bits per heavy atom. The molecule has 9 nitrogen and oxygen atoms in total. The quantitative estimate of drug-likeness (QED) is 0.684. The first-order chi connectivity index (χ1) is 14.6. The van der Waals surface area contributed by atoms with Crippen LogP contribution in [0.3, 0.4) is 0 Å². The lowest BCUT2D eigenvalue weighted by Crippen LogP contribution is -2.53. The molecule has 0 bridgehead atoms. The molecule has 3 aliphatic heterocycles. The second kappa shape index (κ2) is 6.68. The lowest BCUT2D eigenvalue weighted by atomic mass is 10.0. The Hall–Kier alpha value is -2.65. The van der Waals surface area contributed by atoms with Gasteiger partial charge in [0.1, 0.15) is 12.2 Å². The molecular weight excluding hydrogens is 388 g/mol. The van der Waals surface area contributed by atoms with E-state index < -0.39 is 16.7 Å². The Bertz CT molecular complexity index is 1120. The molecule has 1 aromatic carbocycles. The molecule has 2 fully saturated rings. The van der Waals surface area contributed by atoms with Crippen LogP contribution < -0.4 is 20.6 Å². The number of hydrogen-bond acceptors (Lipinski definition) is 7.